The molecule has 14 aromatic rings. The summed E-state index contributed by atoms with van der Waals surface area (Å²) in [7, 11) is 0. The van der Waals surface area contributed by atoms with Crippen molar-refractivity contribution in [2.24, 2.45) is 0 Å². The molecule has 0 radical (unpaired) electrons. The number of fused-ring (bicyclic) bond motifs is 12. The molecule has 2 heteroatoms. The largest absolute Gasteiger partial charge is 0.307 e. The first kappa shape index (κ1) is 39.2. The summed E-state index contributed by atoms with van der Waals surface area (Å²) in [5.74, 6) is 0. The van der Waals surface area contributed by atoms with E-state index in [1.165, 1.54) is 137 Å². The van der Waals surface area contributed by atoms with E-state index < -0.39 is 0 Å². The van der Waals surface area contributed by atoms with E-state index in [1.807, 2.05) is 6.08 Å². The minimum absolute atomic E-state index is 1.12. The first-order valence-electron chi connectivity index (χ1n) is 23.9. The molecule has 322 valence electrons. The molecule has 0 spiro atoms. The summed E-state index contributed by atoms with van der Waals surface area (Å²) in [6.07, 6.45) is 8.61. The van der Waals surface area contributed by atoms with E-state index in [-0.39, 0.29) is 0 Å². The Hall–Kier alpha value is -8.98. The average Bonchev–Trinajstić information content (AvgIpc) is 4.15. The van der Waals surface area contributed by atoms with E-state index in [1.54, 1.807) is 0 Å². The molecular formula is C67H44N2. The van der Waals surface area contributed by atoms with Gasteiger partial charge >= 0.3 is 0 Å². The fourth-order valence-electron chi connectivity index (χ4n) is 12.1. The Kier molecular flexibility index (Phi) is 8.68. The number of allylic oxidation sites excluding steroid dienone is 5. The van der Waals surface area contributed by atoms with Crippen LogP contribution in [0.15, 0.2) is 243 Å². The second-order valence-corrected chi connectivity index (χ2v) is 18.2. The Morgan fingerprint density at radius 3 is 1.30 bits per heavy atom. The van der Waals surface area contributed by atoms with Gasteiger partial charge in [0.2, 0.25) is 0 Å². The molecule has 0 fully saturated rings. The van der Waals surface area contributed by atoms with E-state index in [4.69, 9.17) is 0 Å². The SMILES string of the molecule is C=C/C=C(\C=C/C)c1c2c3ccc(-c4ccccc4-c4ccccc4)c4c5ccccc5n(c2c(-c2ccccc2)c2c5ccc(-c6ccccc6-c6ccccc6)c6c7ccccc7n(c12)c56)c34. The van der Waals surface area contributed by atoms with Gasteiger partial charge in [0, 0.05) is 54.2 Å². The van der Waals surface area contributed by atoms with Gasteiger partial charge in [-0.25, -0.2) is 0 Å². The summed E-state index contributed by atoms with van der Waals surface area (Å²) in [6.45, 7) is 6.45. The van der Waals surface area contributed by atoms with E-state index in [0.717, 1.165) is 5.57 Å². The molecule has 0 N–H and O–H groups in total. The van der Waals surface area contributed by atoms with Crippen LogP contribution in [0.2, 0.25) is 0 Å². The highest BCUT2D eigenvalue weighted by atomic mass is 14.9. The zero-order chi connectivity index (χ0) is 45.7. The molecule has 14 rings (SSSR count). The van der Waals surface area contributed by atoms with E-state index >= 15 is 0 Å². The molecule has 0 aliphatic rings. The monoisotopic (exact) mass is 876 g/mol. The number of benzene rings is 10. The summed E-state index contributed by atoms with van der Waals surface area (Å²) in [5, 5.41) is 9.97. The number of rotatable bonds is 8. The minimum atomic E-state index is 1.12. The highest BCUT2D eigenvalue weighted by Gasteiger charge is 2.32. The fourth-order valence-corrected chi connectivity index (χ4v) is 12.1. The van der Waals surface area contributed by atoms with E-state index in [2.05, 4.69) is 253 Å². The van der Waals surface area contributed by atoms with Gasteiger partial charge in [0.15, 0.2) is 0 Å². The first-order valence-corrected chi connectivity index (χ1v) is 23.9. The van der Waals surface area contributed by atoms with Gasteiger partial charge in [-0.05, 0) is 74.7 Å². The molecule has 0 atom stereocenters. The minimum Gasteiger partial charge on any atom is -0.307 e. The molecule has 0 amide bonds. The molecule has 4 aromatic heterocycles. The van der Waals surface area contributed by atoms with Gasteiger partial charge in [0.05, 0.1) is 33.1 Å². The van der Waals surface area contributed by atoms with Crippen LogP contribution in [0, 0.1) is 0 Å². The predicted molar refractivity (Wildman–Crippen MR) is 296 cm³/mol. The molecule has 0 saturated carbocycles. The number of hydrogen-bond acceptors (Lipinski definition) is 0. The molecule has 10 aromatic carbocycles. The zero-order valence-electron chi connectivity index (χ0n) is 38.1. The summed E-state index contributed by atoms with van der Waals surface area (Å²) in [5.41, 5.74) is 21.8. The first-order chi connectivity index (χ1) is 34.2. The van der Waals surface area contributed by atoms with Crippen molar-refractivity contribution in [2.75, 3.05) is 0 Å². The van der Waals surface area contributed by atoms with Crippen molar-refractivity contribution in [3.05, 3.63) is 249 Å². The van der Waals surface area contributed by atoms with Gasteiger partial charge in [-0.1, -0.05) is 231 Å². The molecular weight excluding hydrogens is 833 g/mol. The number of aromatic nitrogens is 2. The van der Waals surface area contributed by atoms with E-state index in [9.17, 15) is 0 Å². The maximum absolute atomic E-state index is 4.32. The lowest BCUT2D eigenvalue weighted by molar-refractivity contribution is 1.36. The Balaban J connectivity index is 1.24. The standard InChI is InChI=1S/C67H44N2/c1-3-22-44(23-4-2)58-62-54-40-38-50(48-32-16-14-30-46(48)42-24-8-5-9-25-42)60-53-35-19-21-37-57(53)69(64(54)60)67(62)59(45-28-12-7-13-29-45)63-55-41-39-51(49-33-17-15-31-47(49)43-26-10-6-11-27-43)61-52-34-18-20-36-56(52)68(65(55)61)66(58)63/h3-41H,1H2,2H3/b23-4-,44-22+. The predicted octanol–water partition coefficient (Wildman–Crippen LogP) is 18.5. The molecule has 0 unspecified atom stereocenters. The normalized spacial score (nSPS) is 12.5. The summed E-state index contributed by atoms with van der Waals surface area (Å²) >= 11 is 0. The molecule has 4 heterocycles. The number of hydrogen-bond donors (Lipinski definition) is 0. The highest BCUT2D eigenvalue weighted by Crippen LogP contribution is 2.55. The van der Waals surface area contributed by atoms with Gasteiger partial charge < -0.3 is 8.80 Å². The van der Waals surface area contributed by atoms with Gasteiger partial charge in [-0.2, -0.15) is 0 Å². The van der Waals surface area contributed by atoms with Crippen LogP contribution in [0.3, 0.4) is 0 Å². The van der Waals surface area contributed by atoms with E-state index in [0.29, 0.717) is 0 Å². The third-order valence-electron chi connectivity index (χ3n) is 14.7. The Morgan fingerprint density at radius 2 is 0.797 bits per heavy atom. The average molecular weight is 877 g/mol. The molecule has 2 nitrogen and oxygen atoms in total. The van der Waals surface area contributed by atoms with Crippen LogP contribution in [0.1, 0.15) is 12.5 Å². The van der Waals surface area contributed by atoms with Gasteiger partial charge in [-0.3, -0.25) is 0 Å². The lowest BCUT2D eigenvalue weighted by Crippen LogP contribution is -1.95. The van der Waals surface area contributed by atoms with Crippen molar-refractivity contribution in [1.82, 2.24) is 8.80 Å². The molecule has 0 aliphatic carbocycles. The van der Waals surface area contributed by atoms with Crippen molar-refractivity contribution in [1.29, 1.82) is 0 Å². The zero-order valence-corrected chi connectivity index (χ0v) is 38.1. The Bertz CT molecular complexity index is 4320. The second kappa shape index (κ2) is 15.3. The molecule has 0 aliphatic heterocycles. The number of para-hydroxylation sites is 2. The van der Waals surface area contributed by atoms with Crippen LogP contribution in [0.4, 0.5) is 0 Å². The van der Waals surface area contributed by atoms with Crippen LogP contribution in [0.5, 0.6) is 0 Å². The molecule has 0 saturated heterocycles. The van der Waals surface area contributed by atoms with Gasteiger partial charge in [-0.15, -0.1) is 0 Å². The topological polar surface area (TPSA) is 8.82 Å². The summed E-state index contributed by atoms with van der Waals surface area (Å²) in [4.78, 5) is 0. The quantitative estimate of drug-likeness (QED) is 0.135. The van der Waals surface area contributed by atoms with Crippen LogP contribution in [-0.2, 0) is 0 Å². The van der Waals surface area contributed by atoms with Crippen LogP contribution in [-0.4, -0.2) is 8.80 Å². The third-order valence-corrected chi connectivity index (χ3v) is 14.7. The maximum atomic E-state index is 4.32. The number of nitrogens with zero attached hydrogens (tertiary/aromatic N) is 2. The van der Waals surface area contributed by atoms with Crippen LogP contribution < -0.4 is 0 Å². The second-order valence-electron chi connectivity index (χ2n) is 18.2. The molecule has 69 heavy (non-hydrogen) atoms. The third kappa shape index (κ3) is 5.49. The Labute approximate surface area is 399 Å². The highest BCUT2D eigenvalue weighted by molar-refractivity contribution is 6.38. The van der Waals surface area contributed by atoms with Crippen molar-refractivity contribution in [3.63, 3.8) is 0 Å². The smallest absolute Gasteiger partial charge is 0.0634 e. The summed E-state index contributed by atoms with van der Waals surface area (Å²) in [6, 6.07) is 78.3. The molecule has 0 bridgehead atoms. The summed E-state index contributed by atoms with van der Waals surface area (Å²) < 4.78 is 5.23. The lowest BCUT2D eigenvalue weighted by atomic mass is 9.87. The maximum Gasteiger partial charge on any atom is 0.0634 e. The van der Waals surface area contributed by atoms with Crippen LogP contribution in [0.25, 0.3) is 137 Å². The van der Waals surface area contributed by atoms with Crippen LogP contribution >= 0.6 is 0 Å². The van der Waals surface area contributed by atoms with Crippen molar-refractivity contribution >= 4 is 81.8 Å². The van der Waals surface area contributed by atoms with Crippen molar-refractivity contribution in [3.8, 4) is 55.6 Å². The van der Waals surface area contributed by atoms with Gasteiger partial charge in [0.1, 0.15) is 0 Å². The Morgan fingerprint density at radius 1 is 0.362 bits per heavy atom. The van der Waals surface area contributed by atoms with Crippen molar-refractivity contribution < 1.29 is 0 Å². The van der Waals surface area contributed by atoms with Crippen molar-refractivity contribution in [2.45, 2.75) is 6.92 Å². The fraction of sp³-hybridized carbons (Fsp3) is 0.0149. The van der Waals surface area contributed by atoms with Gasteiger partial charge in [0.25, 0.3) is 0 Å². The lowest BCUT2D eigenvalue weighted by Gasteiger charge is -2.16.